The number of aromatic nitrogens is 4. The normalized spacial score (nSPS) is 15.8. The first-order valence-corrected chi connectivity index (χ1v) is 11.7. The summed E-state index contributed by atoms with van der Waals surface area (Å²) in [5, 5.41) is 11.0. The van der Waals surface area contributed by atoms with Crippen molar-refractivity contribution in [3.63, 3.8) is 0 Å². The van der Waals surface area contributed by atoms with Gasteiger partial charge in [-0.25, -0.2) is 13.8 Å². The van der Waals surface area contributed by atoms with Crippen molar-refractivity contribution in [3.8, 4) is 17.0 Å². The molecule has 2 N–H and O–H groups in total. The second-order valence-electron chi connectivity index (χ2n) is 8.85. The van der Waals surface area contributed by atoms with Crippen molar-refractivity contribution in [2.24, 2.45) is 0 Å². The molecule has 4 heterocycles. The zero-order valence-corrected chi connectivity index (χ0v) is 20.7. The van der Waals surface area contributed by atoms with Crippen LogP contribution in [0.1, 0.15) is 25.5 Å². The molecule has 1 aliphatic heterocycles. The average molecular weight is 519 g/mol. The first kappa shape index (κ1) is 23.7. The molecule has 1 aliphatic rings. The third kappa shape index (κ3) is 4.17. The number of ether oxygens (including phenoxy) is 1. The molecule has 0 saturated carbocycles. The molecule has 0 radical (unpaired) electrons. The van der Waals surface area contributed by atoms with Crippen LogP contribution in [0.4, 0.5) is 14.6 Å². The quantitative estimate of drug-likeness (QED) is 0.348. The summed E-state index contributed by atoms with van der Waals surface area (Å²) in [6.45, 7) is 5.04. The standard InChI is InChI=1S/C24H22Cl2F2N6O/c1-12(19-14(25)8-30-9-15(19)26)35-18-5-4-17-20(21(18)28)22(33-32-17)13-6-16(27)23(31-7-13)34-10-24(2,11-34)29-3/h4-9,12,29H,10-11H2,1-3H3,(H,32,33)/t12-/m1/s1. The lowest BCUT2D eigenvalue weighted by Gasteiger charge is -2.48. The van der Waals surface area contributed by atoms with Gasteiger partial charge in [-0.05, 0) is 39.1 Å². The Hall–Kier alpha value is -3.01. The molecular weight excluding hydrogens is 497 g/mol. The molecule has 35 heavy (non-hydrogen) atoms. The molecule has 0 bridgehead atoms. The van der Waals surface area contributed by atoms with Crippen molar-refractivity contribution >= 4 is 39.9 Å². The summed E-state index contributed by atoms with van der Waals surface area (Å²) in [5.41, 5.74) is 1.44. The van der Waals surface area contributed by atoms with Gasteiger partial charge in [-0.2, -0.15) is 5.10 Å². The van der Waals surface area contributed by atoms with Crippen LogP contribution in [0.15, 0.2) is 36.8 Å². The van der Waals surface area contributed by atoms with Crippen molar-refractivity contribution in [2.75, 3.05) is 25.0 Å². The second-order valence-corrected chi connectivity index (χ2v) is 9.66. The Bertz CT molecular complexity index is 1400. The lowest BCUT2D eigenvalue weighted by Crippen LogP contribution is -2.67. The van der Waals surface area contributed by atoms with E-state index in [0.29, 0.717) is 39.8 Å². The number of H-pyrrole nitrogens is 1. The molecule has 4 aromatic rings. The zero-order chi connectivity index (χ0) is 24.9. The maximum Gasteiger partial charge on any atom is 0.176 e. The van der Waals surface area contributed by atoms with Crippen molar-refractivity contribution in [1.82, 2.24) is 25.5 Å². The average Bonchev–Trinajstić information content (AvgIpc) is 3.24. The Morgan fingerprint density at radius 1 is 1.17 bits per heavy atom. The number of nitrogens with zero attached hydrogens (tertiary/aromatic N) is 4. The molecule has 11 heteroatoms. The topological polar surface area (TPSA) is 79.0 Å². The number of hydrogen-bond donors (Lipinski definition) is 2. The van der Waals surface area contributed by atoms with E-state index in [9.17, 15) is 4.39 Å². The Morgan fingerprint density at radius 2 is 1.89 bits per heavy atom. The SMILES string of the molecule is CNC1(C)CN(c2ncc(-c3n[nH]c4ccc(O[C@H](C)c5c(Cl)cncc5Cl)c(F)c34)cc2F)C1. The third-order valence-corrected chi connectivity index (χ3v) is 6.91. The van der Waals surface area contributed by atoms with E-state index in [1.165, 1.54) is 30.7 Å². The van der Waals surface area contributed by atoms with Crippen molar-refractivity contribution < 1.29 is 13.5 Å². The van der Waals surface area contributed by atoms with Gasteiger partial charge in [-0.1, -0.05) is 23.2 Å². The van der Waals surface area contributed by atoms with E-state index in [-0.39, 0.29) is 28.2 Å². The summed E-state index contributed by atoms with van der Waals surface area (Å²) >= 11 is 12.4. The van der Waals surface area contributed by atoms with E-state index < -0.39 is 17.7 Å². The Morgan fingerprint density at radius 3 is 2.54 bits per heavy atom. The Kier molecular flexibility index (Phi) is 6.03. The Balaban J connectivity index is 1.47. The van der Waals surface area contributed by atoms with E-state index >= 15 is 4.39 Å². The van der Waals surface area contributed by atoms with E-state index in [1.54, 1.807) is 13.0 Å². The van der Waals surface area contributed by atoms with Crippen LogP contribution in [0.25, 0.3) is 22.2 Å². The number of hydrogen-bond acceptors (Lipinski definition) is 6. The van der Waals surface area contributed by atoms with Gasteiger partial charge in [-0.15, -0.1) is 0 Å². The van der Waals surface area contributed by atoms with Crippen LogP contribution >= 0.6 is 23.2 Å². The number of pyridine rings is 2. The highest BCUT2D eigenvalue weighted by Crippen LogP contribution is 2.38. The van der Waals surface area contributed by atoms with E-state index in [0.717, 1.165) is 0 Å². The minimum Gasteiger partial charge on any atom is -0.483 e. The number of halogens is 4. The summed E-state index contributed by atoms with van der Waals surface area (Å²) in [4.78, 5) is 10.1. The van der Waals surface area contributed by atoms with Gasteiger partial charge in [0, 0.05) is 42.8 Å². The summed E-state index contributed by atoms with van der Waals surface area (Å²) < 4.78 is 36.5. The van der Waals surface area contributed by atoms with Crippen LogP contribution < -0.4 is 15.0 Å². The van der Waals surface area contributed by atoms with Crippen LogP contribution in [0.2, 0.25) is 10.0 Å². The molecule has 1 atom stereocenters. The summed E-state index contributed by atoms with van der Waals surface area (Å²) in [6, 6.07) is 4.45. The van der Waals surface area contributed by atoms with E-state index in [1.807, 2.05) is 11.9 Å². The molecule has 0 aliphatic carbocycles. The monoisotopic (exact) mass is 518 g/mol. The smallest absolute Gasteiger partial charge is 0.176 e. The zero-order valence-electron chi connectivity index (χ0n) is 19.2. The highest BCUT2D eigenvalue weighted by molar-refractivity contribution is 6.35. The first-order valence-electron chi connectivity index (χ1n) is 10.9. The van der Waals surface area contributed by atoms with Crippen LogP contribution in [-0.4, -0.2) is 45.8 Å². The molecule has 5 rings (SSSR count). The molecule has 0 spiro atoms. The van der Waals surface area contributed by atoms with E-state index in [2.05, 4.69) is 32.4 Å². The van der Waals surface area contributed by atoms with Crippen LogP contribution in [0.3, 0.4) is 0 Å². The first-order chi connectivity index (χ1) is 16.7. The number of likely N-dealkylation sites (N-methyl/N-ethyl adjacent to an activating group) is 1. The lowest BCUT2D eigenvalue weighted by molar-refractivity contribution is 0.217. The summed E-state index contributed by atoms with van der Waals surface area (Å²) in [6.07, 6.45) is 3.73. The molecule has 182 valence electrons. The predicted octanol–water partition coefficient (Wildman–Crippen LogP) is 5.54. The molecule has 1 fully saturated rings. The number of fused-ring (bicyclic) bond motifs is 1. The van der Waals surface area contributed by atoms with Gasteiger partial charge >= 0.3 is 0 Å². The fourth-order valence-electron chi connectivity index (χ4n) is 4.31. The predicted molar refractivity (Wildman–Crippen MR) is 132 cm³/mol. The molecule has 7 nitrogen and oxygen atoms in total. The number of anilines is 1. The molecule has 1 aromatic carbocycles. The van der Waals surface area contributed by atoms with Gasteiger partial charge in [0.15, 0.2) is 23.2 Å². The van der Waals surface area contributed by atoms with Crippen molar-refractivity contribution in [2.45, 2.75) is 25.5 Å². The van der Waals surface area contributed by atoms with Crippen LogP contribution in [0.5, 0.6) is 5.75 Å². The van der Waals surface area contributed by atoms with Gasteiger partial charge in [0.2, 0.25) is 0 Å². The second kappa shape index (κ2) is 8.89. The maximum atomic E-state index is 15.6. The van der Waals surface area contributed by atoms with Gasteiger partial charge in [-0.3, -0.25) is 10.1 Å². The van der Waals surface area contributed by atoms with Crippen LogP contribution in [0, 0.1) is 11.6 Å². The third-order valence-electron chi connectivity index (χ3n) is 6.31. The molecule has 0 unspecified atom stereocenters. The van der Waals surface area contributed by atoms with Crippen molar-refractivity contribution in [1.29, 1.82) is 0 Å². The van der Waals surface area contributed by atoms with Gasteiger partial charge < -0.3 is 15.0 Å². The van der Waals surface area contributed by atoms with E-state index in [4.69, 9.17) is 27.9 Å². The maximum absolute atomic E-state index is 15.6. The summed E-state index contributed by atoms with van der Waals surface area (Å²) in [7, 11) is 1.88. The lowest BCUT2D eigenvalue weighted by atomic mass is 9.92. The van der Waals surface area contributed by atoms with Gasteiger partial charge in [0.05, 0.1) is 26.5 Å². The number of benzene rings is 1. The Labute approximate surface area is 210 Å². The van der Waals surface area contributed by atoms with Gasteiger partial charge in [0.25, 0.3) is 0 Å². The minimum absolute atomic E-state index is 0.0198. The highest BCUT2D eigenvalue weighted by atomic mass is 35.5. The fourth-order valence-corrected chi connectivity index (χ4v) is 4.98. The van der Waals surface area contributed by atoms with Gasteiger partial charge in [0.1, 0.15) is 11.8 Å². The molecule has 3 aromatic heterocycles. The highest BCUT2D eigenvalue weighted by Gasteiger charge is 2.39. The molecule has 1 saturated heterocycles. The number of nitrogens with one attached hydrogen (secondary N) is 2. The largest absolute Gasteiger partial charge is 0.483 e. The number of aromatic amines is 1. The summed E-state index contributed by atoms with van der Waals surface area (Å²) in [5.74, 6) is -0.907. The fraction of sp³-hybridized carbons (Fsp3) is 0.292. The number of rotatable bonds is 6. The molecular formula is C24H22Cl2F2N6O. The van der Waals surface area contributed by atoms with Crippen LogP contribution in [-0.2, 0) is 0 Å². The minimum atomic E-state index is -0.654. The molecule has 0 amide bonds. The van der Waals surface area contributed by atoms with Crippen molar-refractivity contribution in [3.05, 3.63) is 64.0 Å².